The number of hydrogen-bond acceptors (Lipinski definition) is 4. The van der Waals surface area contributed by atoms with Gasteiger partial charge in [-0.05, 0) is 34.9 Å². The molecule has 0 aliphatic heterocycles. The van der Waals surface area contributed by atoms with Crippen molar-refractivity contribution < 1.29 is 19.0 Å². The maximum Gasteiger partial charge on any atom is 0.224 e. The van der Waals surface area contributed by atoms with E-state index in [-0.39, 0.29) is 12.3 Å². The van der Waals surface area contributed by atoms with E-state index < -0.39 is 0 Å². The van der Waals surface area contributed by atoms with Crippen molar-refractivity contribution >= 4 is 5.91 Å². The van der Waals surface area contributed by atoms with E-state index in [1.807, 2.05) is 60.7 Å². The van der Waals surface area contributed by atoms with Gasteiger partial charge in [-0.15, -0.1) is 0 Å². The zero-order valence-corrected chi connectivity index (χ0v) is 17.4. The number of nitrogens with one attached hydrogen (secondary N) is 1. The lowest BCUT2D eigenvalue weighted by Gasteiger charge is -2.11. The molecule has 3 aromatic carbocycles. The van der Waals surface area contributed by atoms with Gasteiger partial charge in [-0.3, -0.25) is 4.79 Å². The van der Waals surface area contributed by atoms with Crippen LogP contribution in [0.2, 0.25) is 0 Å². The van der Waals surface area contributed by atoms with Gasteiger partial charge in [-0.2, -0.15) is 0 Å². The zero-order chi connectivity index (χ0) is 21.2. The third kappa shape index (κ3) is 6.36. The number of rotatable bonds is 10. The van der Waals surface area contributed by atoms with Crippen molar-refractivity contribution in [3.05, 3.63) is 95.1 Å². The summed E-state index contributed by atoms with van der Waals surface area (Å²) >= 11 is 0. The second-order valence-corrected chi connectivity index (χ2v) is 6.93. The first-order valence-electron chi connectivity index (χ1n) is 9.85. The number of methoxy groups -OCH3 is 2. The van der Waals surface area contributed by atoms with Gasteiger partial charge >= 0.3 is 0 Å². The standard InChI is InChI=1S/C25H27NO4/c1-28-23-11-12-24(29-2)22(14-23)15-25(27)26-16-20-9-6-10-21(13-20)18-30-17-19-7-4-3-5-8-19/h3-14H,15-18H2,1-2H3,(H,26,27). The molecule has 0 aliphatic rings. The normalized spacial score (nSPS) is 10.5. The summed E-state index contributed by atoms with van der Waals surface area (Å²) < 4.78 is 16.4. The fraction of sp³-hybridized carbons (Fsp3) is 0.240. The Labute approximate surface area is 177 Å². The molecular weight excluding hydrogens is 378 g/mol. The summed E-state index contributed by atoms with van der Waals surface area (Å²) in [5.74, 6) is 1.29. The minimum absolute atomic E-state index is 0.0766. The first-order chi connectivity index (χ1) is 14.7. The highest BCUT2D eigenvalue weighted by molar-refractivity contribution is 5.79. The number of benzene rings is 3. The molecule has 5 heteroatoms. The maximum atomic E-state index is 12.4. The van der Waals surface area contributed by atoms with Gasteiger partial charge in [0.15, 0.2) is 0 Å². The van der Waals surface area contributed by atoms with Crippen molar-refractivity contribution in [3.63, 3.8) is 0 Å². The Morgan fingerprint density at radius 1 is 0.800 bits per heavy atom. The first kappa shape index (κ1) is 21.4. The third-order valence-corrected chi connectivity index (χ3v) is 4.70. The second-order valence-electron chi connectivity index (χ2n) is 6.93. The van der Waals surface area contributed by atoms with Gasteiger partial charge in [0.1, 0.15) is 11.5 Å². The summed E-state index contributed by atoms with van der Waals surface area (Å²) in [6, 6.07) is 23.6. The zero-order valence-electron chi connectivity index (χ0n) is 17.4. The Hall–Kier alpha value is -3.31. The SMILES string of the molecule is COc1ccc(OC)c(CC(=O)NCc2cccc(COCc3ccccc3)c2)c1. The van der Waals surface area contributed by atoms with Crippen molar-refractivity contribution in [2.75, 3.05) is 14.2 Å². The van der Waals surface area contributed by atoms with Crippen LogP contribution in [0.1, 0.15) is 22.3 Å². The van der Waals surface area contributed by atoms with Crippen LogP contribution in [0.15, 0.2) is 72.8 Å². The minimum atomic E-state index is -0.0766. The molecule has 0 radical (unpaired) electrons. The molecule has 5 nitrogen and oxygen atoms in total. The highest BCUT2D eigenvalue weighted by Gasteiger charge is 2.10. The molecular formula is C25H27NO4. The Morgan fingerprint density at radius 2 is 1.53 bits per heavy atom. The summed E-state index contributed by atoms with van der Waals surface area (Å²) in [6.45, 7) is 1.56. The van der Waals surface area contributed by atoms with Crippen LogP contribution in [-0.4, -0.2) is 20.1 Å². The van der Waals surface area contributed by atoms with Crippen LogP contribution in [0, 0.1) is 0 Å². The second kappa shape index (κ2) is 11.0. The van der Waals surface area contributed by atoms with Crippen LogP contribution >= 0.6 is 0 Å². The Bertz CT molecular complexity index is 956. The topological polar surface area (TPSA) is 56.8 Å². The van der Waals surface area contributed by atoms with E-state index in [1.165, 1.54) is 0 Å². The molecule has 3 rings (SSSR count). The van der Waals surface area contributed by atoms with Gasteiger partial charge in [-0.1, -0.05) is 54.6 Å². The van der Waals surface area contributed by atoms with E-state index >= 15 is 0 Å². The number of amides is 1. The summed E-state index contributed by atoms with van der Waals surface area (Å²) in [5.41, 5.74) is 4.04. The highest BCUT2D eigenvalue weighted by atomic mass is 16.5. The van der Waals surface area contributed by atoms with Crippen molar-refractivity contribution in [1.82, 2.24) is 5.32 Å². The van der Waals surface area contributed by atoms with Crippen LogP contribution in [0.25, 0.3) is 0 Å². The fourth-order valence-corrected chi connectivity index (χ4v) is 3.15. The molecule has 0 fully saturated rings. The quantitative estimate of drug-likeness (QED) is 0.547. The molecule has 0 bridgehead atoms. The van der Waals surface area contributed by atoms with E-state index in [1.54, 1.807) is 20.3 Å². The molecule has 0 aromatic heterocycles. The molecule has 3 aromatic rings. The van der Waals surface area contributed by atoms with Crippen LogP contribution < -0.4 is 14.8 Å². The summed E-state index contributed by atoms with van der Waals surface area (Å²) in [6.07, 6.45) is 0.222. The van der Waals surface area contributed by atoms with E-state index in [2.05, 4.69) is 11.4 Å². The van der Waals surface area contributed by atoms with Crippen molar-refractivity contribution in [3.8, 4) is 11.5 Å². The van der Waals surface area contributed by atoms with Gasteiger partial charge in [0, 0.05) is 12.1 Å². The fourth-order valence-electron chi connectivity index (χ4n) is 3.15. The Balaban J connectivity index is 1.51. The maximum absolute atomic E-state index is 12.4. The van der Waals surface area contributed by atoms with Gasteiger partial charge < -0.3 is 19.5 Å². The highest BCUT2D eigenvalue weighted by Crippen LogP contribution is 2.24. The van der Waals surface area contributed by atoms with E-state index in [9.17, 15) is 4.79 Å². The molecule has 0 atom stereocenters. The smallest absolute Gasteiger partial charge is 0.224 e. The molecule has 0 aliphatic carbocycles. The molecule has 0 saturated heterocycles. The Kier molecular flexibility index (Phi) is 7.86. The molecule has 0 saturated carbocycles. The predicted octanol–water partition coefficient (Wildman–Crippen LogP) is 4.28. The predicted molar refractivity (Wildman–Crippen MR) is 116 cm³/mol. The van der Waals surface area contributed by atoms with Crippen molar-refractivity contribution in [1.29, 1.82) is 0 Å². The summed E-state index contributed by atoms with van der Waals surface area (Å²) in [4.78, 5) is 12.4. The lowest BCUT2D eigenvalue weighted by molar-refractivity contribution is -0.120. The minimum Gasteiger partial charge on any atom is -0.497 e. The number of ether oxygens (including phenoxy) is 3. The number of hydrogen-bond donors (Lipinski definition) is 1. The van der Waals surface area contributed by atoms with Crippen molar-refractivity contribution in [2.24, 2.45) is 0 Å². The Morgan fingerprint density at radius 3 is 2.30 bits per heavy atom. The molecule has 1 amide bonds. The monoisotopic (exact) mass is 405 g/mol. The molecule has 0 unspecified atom stereocenters. The van der Waals surface area contributed by atoms with E-state index in [4.69, 9.17) is 14.2 Å². The van der Waals surface area contributed by atoms with Crippen LogP contribution in [-0.2, 0) is 35.7 Å². The summed E-state index contributed by atoms with van der Waals surface area (Å²) in [5, 5.41) is 2.97. The van der Waals surface area contributed by atoms with Crippen LogP contribution in [0.5, 0.6) is 11.5 Å². The summed E-state index contributed by atoms with van der Waals surface area (Å²) in [7, 11) is 3.19. The molecule has 0 spiro atoms. The van der Waals surface area contributed by atoms with Gasteiger partial charge in [0.05, 0.1) is 33.9 Å². The molecule has 1 N–H and O–H groups in total. The average Bonchev–Trinajstić information content (AvgIpc) is 2.78. The first-order valence-corrected chi connectivity index (χ1v) is 9.85. The van der Waals surface area contributed by atoms with Gasteiger partial charge in [0.2, 0.25) is 5.91 Å². The molecule has 156 valence electrons. The lowest BCUT2D eigenvalue weighted by Crippen LogP contribution is -2.24. The van der Waals surface area contributed by atoms with Gasteiger partial charge in [-0.25, -0.2) is 0 Å². The van der Waals surface area contributed by atoms with Crippen LogP contribution in [0.4, 0.5) is 0 Å². The lowest BCUT2D eigenvalue weighted by atomic mass is 10.1. The average molecular weight is 405 g/mol. The third-order valence-electron chi connectivity index (χ3n) is 4.70. The van der Waals surface area contributed by atoms with E-state index in [0.29, 0.717) is 31.3 Å². The number of carbonyl (C=O) groups excluding carboxylic acids is 1. The number of carbonyl (C=O) groups is 1. The molecule has 30 heavy (non-hydrogen) atoms. The van der Waals surface area contributed by atoms with Gasteiger partial charge in [0.25, 0.3) is 0 Å². The van der Waals surface area contributed by atoms with E-state index in [0.717, 1.165) is 22.3 Å². The van der Waals surface area contributed by atoms with Crippen LogP contribution in [0.3, 0.4) is 0 Å². The van der Waals surface area contributed by atoms with Crippen molar-refractivity contribution in [2.45, 2.75) is 26.2 Å². The largest absolute Gasteiger partial charge is 0.497 e. The molecule has 0 heterocycles.